The lowest BCUT2D eigenvalue weighted by atomic mass is 9.84. The Kier molecular flexibility index (Phi) is 3.58. The van der Waals surface area contributed by atoms with Crippen LogP contribution in [-0.2, 0) is 0 Å². The van der Waals surface area contributed by atoms with Gasteiger partial charge in [0.2, 0.25) is 0 Å². The Morgan fingerprint density at radius 1 is 1.47 bits per heavy atom. The third-order valence-corrected chi connectivity index (χ3v) is 6.25. The van der Waals surface area contributed by atoms with Crippen molar-refractivity contribution < 1.29 is 4.74 Å². The first-order chi connectivity index (χ1) is 9.24. The molecule has 0 aliphatic heterocycles. The summed E-state index contributed by atoms with van der Waals surface area (Å²) in [6, 6.07) is 6.02. The number of rotatable bonds is 5. The normalized spacial score (nSPS) is 17.2. The van der Waals surface area contributed by atoms with Gasteiger partial charge in [0.05, 0.1) is 17.3 Å². The van der Waals surface area contributed by atoms with Gasteiger partial charge in [0, 0.05) is 11.3 Å². The molecule has 1 saturated carbocycles. The van der Waals surface area contributed by atoms with E-state index in [4.69, 9.17) is 4.74 Å². The molecule has 0 saturated heterocycles. The monoisotopic (exact) mass is 294 g/mol. The van der Waals surface area contributed by atoms with E-state index in [-0.39, 0.29) is 0 Å². The standard InChI is InChI=1S/C14H18N2OS2/c1-17-10-4-5-11-12(8-10)19-13(16-11)15-9-14(18-2)6-3-7-14/h4-5,8H,3,6-7,9H2,1-2H3,(H,15,16). The number of fused-ring (bicyclic) bond motifs is 1. The van der Waals surface area contributed by atoms with E-state index in [0.717, 1.165) is 22.9 Å². The summed E-state index contributed by atoms with van der Waals surface area (Å²) < 4.78 is 6.86. The molecule has 0 amide bonds. The predicted octanol–water partition coefficient (Wildman–Crippen LogP) is 4.00. The van der Waals surface area contributed by atoms with Crippen LogP contribution in [0, 0.1) is 0 Å². The molecule has 19 heavy (non-hydrogen) atoms. The molecule has 2 aromatic rings. The van der Waals surface area contributed by atoms with Gasteiger partial charge in [0.15, 0.2) is 5.13 Å². The van der Waals surface area contributed by atoms with Crippen LogP contribution in [0.2, 0.25) is 0 Å². The Hall–Kier alpha value is -0.940. The van der Waals surface area contributed by atoms with Gasteiger partial charge in [0.1, 0.15) is 5.75 Å². The maximum atomic E-state index is 5.24. The third kappa shape index (κ3) is 2.54. The SMILES string of the molecule is COc1ccc2nc(NCC3(SC)CCC3)sc2c1. The highest BCUT2D eigenvalue weighted by atomic mass is 32.2. The van der Waals surface area contributed by atoms with Crippen molar-refractivity contribution in [3.63, 3.8) is 0 Å². The number of anilines is 1. The summed E-state index contributed by atoms with van der Waals surface area (Å²) in [5.74, 6) is 0.891. The molecule has 1 aliphatic carbocycles. The van der Waals surface area contributed by atoms with E-state index in [1.807, 2.05) is 30.0 Å². The van der Waals surface area contributed by atoms with Crippen molar-refractivity contribution in [2.24, 2.45) is 0 Å². The van der Waals surface area contributed by atoms with Crippen LogP contribution >= 0.6 is 23.1 Å². The molecular formula is C14H18N2OS2. The van der Waals surface area contributed by atoms with Crippen LogP contribution in [0.25, 0.3) is 10.2 Å². The highest BCUT2D eigenvalue weighted by molar-refractivity contribution is 8.00. The molecule has 1 aliphatic rings. The number of methoxy groups -OCH3 is 1. The number of thiazole rings is 1. The molecule has 1 aromatic carbocycles. The van der Waals surface area contributed by atoms with Crippen LogP contribution < -0.4 is 10.1 Å². The summed E-state index contributed by atoms with van der Waals surface area (Å²) in [5.41, 5.74) is 1.04. The summed E-state index contributed by atoms with van der Waals surface area (Å²) in [4.78, 5) is 4.63. The molecule has 0 spiro atoms. The lowest BCUT2D eigenvalue weighted by molar-refractivity contribution is 0.380. The molecule has 0 radical (unpaired) electrons. The van der Waals surface area contributed by atoms with E-state index in [0.29, 0.717) is 4.75 Å². The predicted molar refractivity (Wildman–Crippen MR) is 84.8 cm³/mol. The van der Waals surface area contributed by atoms with E-state index in [1.165, 1.54) is 24.0 Å². The molecule has 102 valence electrons. The van der Waals surface area contributed by atoms with Gasteiger partial charge in [0.25, 0.3) is 0 Å². The van der Waals surface area contributed by atoms with E-state index < -0.39 is 0 Å². The number of benzene rings is 1. The number of nitrogens with zero attached hydrogens (tertiary/aromatic N) is 1. The van der Waals surface area contributed by atoms with Crippen molar-refractivity contribution >= 4 is 38.4 Å². The van der Waals surface area contributed by atoms with Gasteiger partial charge in [-0.15, -0.1) is 0 Å². The van der Waals surface area contributed by atoms with Crippen LogP contribution in [0.3, 0.4) is 0 Å². The van der Waals surface area contributed by atoms with Crippen molar-refractivity contribution in [1.29, 1.82) is 0 Å². The average Bonchev–Trinajstić information content (AvgIpc) is 2.79. The fourth-order valence-electron chi connectivity index (χ4n) is 2.37. The molecule has 5 heteroatoms. The van der Waals surface area contributed by atoms with Crippen molar-refractivity contribution in [3.05, 3.63) is 18.2 Å². The molecule has 3 nitrogen and oxygen atoms in total. The maximum absolute atomic E-state index is 5.24. The smallest absolute Gasteiger partial charge is 0.183 e. The second kappa shape index (κ2) is 5.21. The third-order valence-electron chi connectivity index (χ3n) is 3.86. The van der Waals surface area contributed by atoms with Gasteiger partial charge in [-0.25, -0.2) is 4.98 Å². The molecule has 1 N–H and O–H groups in total. The lowest BCUT2D eigenvalue weighted by Gasteiger charge is -2.40. The first-order valence-corrected chi connectivity index (χ1v) is 8.52. The van der Waals surface area contributed by atoms with E-state index in [1.54, 1.807) is 18.4 Å². The van der Waals surface area contributed by atoms with Gasteiger partial charge in [-0.3, -0.25) is 0 Å². The number of hydrogen-bond acceptors (Lipinski definition) is 5. The molecular weight excluding hydrogens is 276 g/mol. The Bertz CT molecular complexity index is 572. The van der Waals surface area contributed by atoms with Crippen molar-refractivity contribution in [3.8, 4) is 5.75 Å². The summed E-state index contributed by atoms with van der Waals surface area (Å²) in [6.45, 7) is 1.02. The zero-order valence-electron chi connectivity index (χ0n) is 11.2. The van der Waals surface area contributed by atoms with Crippen molar-refractivity contribution in [1.82, 2.24) is 4.98 Å². The van der Waals surface area contributed by atoms with Crippen molar-refractivity contribution in [2.75, 3.05) is 25.2 Å². The maximum Gasteiger partial charge on any atom is 0.183 e. The fraction of sp³-hybridized carbons (Fsp3) is 0.500. The fourth-order valence-corrected chi connectivity index (χ4v) is 4.17. The minimum atomic E-state index is 0.440. The quantitative estimate of drug-likeness (QED) is 0.903. The van der Waals surface area contributed by atoms with E-state index in [2.05, 4.69) is 16.6 Å². The summed E-state index contributed by atoms with van der Waals surface area (Å²) in [7, 11) is 1.69. The largest absolute Gasteiger partial charge is 0.497 e. The van der Waals surface area contributed by atoms with Gasteiger partial charge in [-0.1, -0.05) is 17.8 Å². The number of hydrogen-bond donors (Lipinski definition) is 1. The molecule has 0 atom stereocenters. The molecule has 1 heterocycles. The van der Waals surface area contributed by atoms with Crippen LogP contribution in [0.5, 0.6) is 5.75 Å². The second-order valence-corrected chi connectivity index (χ2v) is 7.25. The van der Waals surface area contributed by atoms with Gasteiger partial charge in [-0.2, -0.15) is 11.8 Å². The van der Waals surface area contributed by atoms with Crippen molar-refractivity contribution in [2.45, 2.75) is 24.0 Å². The molecule has 0 bridgehead atoms. The van der Waals surface area contributed by atoms with Crippen LogP contribution in [0.4, 0.5) is 5.13 Å². The number of ether oxygens (including phenoxy) is 1. The number of aromatic nitrogens is 1. The molecule has 0 unspecified atom stereocenters. The van der Waals surface area contributed by atoms with Crippen LogP contribution in [0.15, 0.2) is 18.2 Å². The number of nitrogens with one attached hydrogen (secondary N) is 1. The van der Waals surface area contributed by atoms with Gasteiger partial charge >= 0.3 is 0 Å². The van der Waals surface area contributed by atoms with Crippen LogP contribution in [-0.4, -0.2) is 29.6 Å². The Labute approximate surface area is 121 Å². The van der Waals surface area contributed by atoms with Gasteiger partial charge < -0.3 is 10.1 Å². The van der Waals surface area contributed by atoms with Crippen LogP contribution in [0.1, 0.15) is 19.3 Å². The number of thioether (sulfide) groups is 1. The van der Waals surface area contributed by atoms with E-state index in [9.17, 15) is 0 Å². The first-order valence-electron chi connectivity index (χ1n) is 6.48. The summed E-state index contributed by atoms with van der Waals surface area (Å²) >= 11 is 3.69. The highest BCUT2D eigenvalue weighted by Gasteiger charge is 2.35. The highest BCUT2D eigenvalue weighted by Crippen LogP contribution is 2.43. The Morgan fingerprint density at radius 2 is 2.32 bits per heavy atom. The summed E-state index contributed by atoms with van der Waals surface area (Å²) in [5, 5.41) is 4.53. The summed E-state index contributed by atoms with van der Waals surface area (Å²) in [6.07, 6.45) is 6.21. The first kappa shape index (κ1) is 13.1. The Balaban J connectivity index is 1.74. The molecule has 1 fully saturated rings. The average molecular weight is 294 g/mol. The second-order valence-electron chi connectivity index (χ2n) is 4.95. The topological polar surface area (TPSA) is 34.1 Å². The molecule has 3 rings (SSSR count). The minimum Gasteiger partial charge on any atom is -0.497 e. The Morgan fingerprint density at radius 3 is 2.95 bits per heavy atom. The molecule has 1 aromatic heterocycles. The van der Waals surface area contributed by atoms with Gasteiger partial charge in [-0.05, 0) is 37.3 Å². The minimum absolute atomic E-state index is 0.440. The zero-order chi connectivity index (χ0) is 13.3. The van der Waals surface area contributed by atoms with E-state index >= 15 is 0 Å². The zero-order valence-corrected chi connectivity index (χ0v) is 12.9. The lowest BCUT2D eigenvalue weighted by Crippen LogP contribution is -2.40.